The van der Waals surface area contributed by atoms with Gasteiger partial charge in [0, 0.05) is 18.0 Å². The van der Waals surface area contributed by atoms with Crippen LogP contribution in [0.2, 0.25) is 0 Å². The molecular weight excluding hydrogens is 246 g/mol. The zero-order chi connectivity index (χ0) is 12.8. The van der Waals surface area contributed by atoms with E-state index in [0.29, 0.717) is 0 Å². The van der Waals surface area contributed by atoms with Crippen LogP contribution in [0.25, 0.3) is 0 Å². The van der Waals surface area contributed by atoms with Crippen molar-refractivity contribution < 1.29 is 4.74 Å². The molecule has 0 aromatic carbocycles. The van der Waals surface area contributed by atoms with Gasteiger partial charge in [-0.05, 0) is 24.4 Å². The fourth-order valence-electron chi connectivity index (χ4n) is 1.80. The van der Waals surface area contributed by atoms with Crippen LogP contribution in [-0.2, 0) is 0 Å². The largest absolute Gasteiger partial charge is 0.496 e. The van der Waals surface area contributed by atoms with Crippen molar-refractivity contribution in [1.82, 2.24) is 15.3 Å². The number of hydrogen-bond acceptors (Lipinski definition) is 5. The third kappa shape index (κ3) is 2.86. The molecule has 0 radical (unpaired) electrons. The highest BCUT2D eigenvalue weighted by atomic mass is 32.1. The molecule has 0 amide bonds. The number of nitrogens with one attached hydrogen (secondary N) is 1. The van der Waals surface area contributed by atoms with Gasteiger partial charge in [-0.2, -0.15) is 0 Å². The number of aromatic nitrogens is 2. The molecule has 0 bridgehead atoms. The third-order valence-electron chi connectivity index (χ3n) is 2.65. The van der Waals surface area contributed by atoms with E-state index in [0.717, 1.165) is 24.3 Å². The van der Waals surface area contributed by atoms with Crippen LogP contribution in [-0.4, -0.2) is 23.6 Å². The van der Waals surface area contributed by atoms with Crippen molar-refractivity contribution in [2.75, 3.05) is 13.7 Å². The van der Waals surface area contributed by atoms with Crippen LogP contribution in [0.3, 0.4) is 0 Å². The molecule has 0 aliphatic rings. The van der Waals surface area contributed by atoms with E-state index in [9.17, 15) is 0 Å². The molecule has 2 rings (SSSR count). The fraction of sp³-hybridized carbons (Fsp3) is 0.385. The van der Waals surface area contributed by atoms with Gasteiger partial charge < -0.3 is 10.1 Å². The van der Waals surface area contributed by atoms with Gasteiger partial charge in [-0.3, -0.25) is 0 Å². The summed E-state index contributed by atoms with van der Waals surface area (Å²) in [6.07, 6.45) is 6.32. The predicted octanol–water partition coefficient (Wildman–Crippen LogP) is 2.64. The van der Waals surface area contributed by atoms with Crippen LogP contribution < -0.4 is 10.1 Å². The second-order valence-electron chi connectivity index (χ2n) is 3.91. The zero-order valence-electron chi connectivity index (χ0n) is 10.6. The van der Waals surface area contributed by atoms with E-state index in [1.807, 2.05) is 23.8 Å². The molecule has 4 nitrogen and oxygen atoms in total. The molecule has 0 aliphatic carbocycles. The molecule has 2 heterocycles. The van der Waals surface area contributed by atoms with Crippen LogP contribution in [0, 0.1) is 0 Å². The lowest BCUT2D eigenvalue weighted by atomic mass is 10.1. The first-order chi connectivity index (χ1) is 8.86. The Morgan fingerprint density at radius 2 is 2.17 bits per heavy atom. The van der Waals surface area contributed by atoms with Gasteiger partial charge >= 0.3 is 0 Å². The Morgan fingerprint density at radius 3 is 2.83 bits per heavy atom. The Hall–Kier alpha value is -1.46. The second kappa shape index (κ2) is 6.47. The molecule has 5 heteroatoms. The molecule has 2 aromatic heterocycles. The van der Waals surface area contributed by atoms with E-state index < -0.39 is 0 Å². The average Bonchev–Trinajstić information content (AvgIpc) is 2.89. The topological polar surface area (TPSA) is 47.0 Å². The molecule has 96 valence electrons. The highest BCUT2D eigenvalue weighted by Gasteiger charge is 2.19. The third-order valence-corrected chi connectivity index (χ3v) is 3.61. The average molecular weight is 263 g/mol. The maximum Gasteiger partial charge on any atom is 0.134 e. The summed E-state index contributed by atoms with van der Waals surface area (Å²) >= 11 is 1.68. The van der Waals surface area contributed by atoms with Crippen LogP contribution in [0.5, 0.6) is 5.75 Å². The van der Waals surface area contributed by atoms with Crippen LogP contribution >= 0.6 is 11.3 Å². The lowest BCUT2D eigenvalue weighted by molar-refractivity contribution is 0.407. The Balaban J connectivity index is 2.31. The lowest BCUT2D eigenvalue weighted by Crippen LogP contribution is -2.23. The molecule has 1 unspecified atom stereocenters. The quantitative estimate of drug-likeness (QED) is 0.870. The summed E-state index contributed by atoms with van der Waals surface area (Å²) in [7, 11) is 1.70. The molecule has 0 aliphatic heterocycles. The van der Waals surface area contributed by atoms with Crippen LogP contribution in [0.15, 0.2) is 30.2 Å². The minimum absolute atomic E-state index is 0.0982. The van der Waals surface area contributed by atoms with E-state index in [2.05, 4.69) is 22.2 Å². The summed E-state index contributed by atoms with van der Waals surface area (Å²) in [5.74, 6) is 0.914. The smallest absolute Gasteiger partial charge is 0.134 e. The van der Waals surface area contributed by atoms with Crippen molar-refractivity contribution in [3.05, 3.63) is 40.6 Å². The van der Waals surface area contributed by atoms with Crippen molar-refractivity contribution in [3.63, 3.8) is 0 Å². The summed E-state index contributed by atoms with van der Waals surface area (Å²) in [4.78, 5) is 9.35. The van der Waals surface area contributed by atoms with Gasteiger partial charge in [0.1, 0.15) is 12.1 Å². The maximum absolute atomic E-state index is 5.40. The normalized spacial score (nSPS) is 12.3. The second-order valence-corrected chi connectivity index (χ2v) is 4.86. The summed E-state index contributed by atoms with van der Waals surface area (Å²) in [6.45, 7) is 3.10. The fourth-order valence-corrected chi connectivity index (χ4v) is 2.76. The predicted molar refractivity (Wildman–Crippen MR) is 73.0 cm³/mol. The van der Waals surface area contributed by atoms with Gasteiger partial charge in [0.2, 0.25) is 0 Å². The molecule has 0 saturated carbocycles. The maximum atomic E-state index is 5.40. The Bertz CT molecular complexity index is 472. The van der Waals surface area contributed by atoms with Crippen molar-refractivity contribution in [3.8, 4) is 5.75 Å². The summed E-state index contributed by atoms with van der Waals surface area (Å²) in [5.41, 5.74) is 1.06. The Morgan fingerprint density at radius 1 is 1.39 bits per heavy atom. The number of nitrogens with zero attached hydrogens (tertiary/aromatic N) is 2. The van der Waals surface area contributed by atoms with Gasteiger partial charge in [0.05, 0.1) is 18.0 Å². The van der Waals surface area contributed by atoms with Gasteiger partial charge in [-0.1, -0.05) is 6.92 Å². The van der Waals surface area contributed by atoms with E-state index in [-0.39, 0.29) is 6.04 Å². The molecule has 1 N–H and O–H groups in total. The molecule has 0 saturated heterocycles. The first-order valence-corrected chi connectivity index (χ1v) is 6.84. The molecule has 2 aromatic rings. The Labute approximate surface area is 111 Å². The van der Waals surface area contributed by atoms with Gasteiger partial charge in [-0.25, -0.2) is 9.97 Å². The highest BCUT2D eigenvalue weighted by molar-refractivity contribution is 7.10. The number of rotatable bonds is 6. The summed E-state index contributed by atoms with van der Waals surface area (Å²) < 4.78 is 5.40. The van der Waals surface area contributed by atoms with Gasteiger partial charge in [-0.15, -0.1) is 11.3 Å². The monoisotopic (exact) mass is 263 g/mol. The number of ether oxygens (including phenoxy) is 1. The molecule has 1 atom stereocenters. The highest BCUT2D eigenvalue weighted by Crippen LogP contribution is 2.34. The lowest BCUT2D eigenvalue weighted by Gasteiger charge is -2.18. The van der Waals surface area contributed by atoms with Crippen molar-refractivity contribution in [1.29, 1.82) is 0 Å². The molecular formula is C13H17N3OS. The first-order valence-electron chi connectivity index (χ1n) is 5.96. The van der Waals surface area contributed by atoms with Gasteiger partial charge in [0.15, 0.2) is 0 Å². The zero-order valence-corrected chi connectivity index (χ0v) is 11.4. The van der Waals surface area contributed by atoms with E-state index in [4.69, 9.17) is 4.74 Å². The van der Waals surface area contributed by atoms with Gasteiger partial charge in [0.25, 0.3) is 0 Å². The van der Waals surface area contributed by atoms with E-state index in [1.165, 1.54) is 4.88 Å². The molecule has 18 heavy (non-hydrogen) atoms. The minimum Gasteiger partial charge on any atom is -0.496 e. The standard InChI is InChI=1S/C13H17N3OS/c1-3-5-16-12(10-7-14-9-15-8-10)13-11(17-2)4-6-18-13/h4,6-9,12,16H,3,5H2,1-2H3. The number of hydrogen-bond donors (Lipinski definition) is 1. The molecule has 0 spiro atoms. The van der Waals surface area contributed by atoms with E-state index in [1.54, 1.807) is 24.8 Å². The SMILES string of the molecule is CCCNC(c1cncnc1)c1sccc1OC. The number of methoxy groups -OCH3 is 1. The first kappa shape index (κ1) is 13.0. The van der Waals surface area contributed by atoms with Crippen molar-refractivity contribution >= 4 is 11.3 Å². The van der Waals surface area contributed by atoms with Crippen molar-refractivity contribution in [2.24, 2.45) is 0 Å². The Kier molecular flexibility index (Phi) is 4.66. The summed E-state index contributed by atoms with van der Waals surface area (Å²) in [5, 5.41) is 5.55. The van der Waals surface area contributed by atoms with E-state index >= 15 is 0 Å². The van der Waals surface area contributed by atoms with Crippen LogP contribution in [0.1, 0.15) is 29.8 Å². The molecule has 0 fully saturated rings. The summed E-state index contributed by atoms with van der Waals surface area (Å²) in [6, 6.07) is 2.09. The number of thiophene rings is 1. The minimum atomic E-state index is 0.0982. The van der Waals surface area contributed by atoms with Crippen molar-refractivity contribution in [2.45, 2.75) is 19.4 Å². The van der Waals surface area contributed by atoms with Crippen LogP contribution in [0.4, 0.5) is 0 Å².